The van der Waals surface area contributed by atoms with Gasteiger partial charge in [0.1, 0.15) is 12.4 Å². The Morgan fingerprint density at radius 3 is 2.68 bits per heavy atom. The number of nitrogens with zero attached hydrogens (tertiary/aromatic N) is 3. The van der Waals surface area contributed by atoms with Gasteiger partial charge in [-0.3, -0.25) is 15.0 Å². The van der Waals surface area contributed by atoms with E-state index < -0.39 is 0 Å². The molecule has 1 unspecified atom stereocenters. The molecular formula is C27H39N5O2. The Labute approximate surface area is 204 Å². The van der Waals surface area contributed by atoms with Gasteiger partial charge in [-0.2, -0.15) is 0 Å². The quantitative estimate of drug-likeness (QED) is 0.149. The predicted molar refractivity (Wildman–Crippen MR) is 140 cm³/mol. The molecule has 34 heavy (non-hydrogen) atoms. The molecule has 0 amide bonds. The molecule has 2 aliphatic carbocycles. The Balaban J connectivity index is 1.80. The first-order valence-electron chi connectivity index (χ1n) is 12.1. The zero-order chi connectivity index (χ0) is 24.7. The molecule has 7 nitrogen and oxygen atoms in total. The second kappa shape index (κ2) is 11.5. The monoisotopic (exact) mass is 465 g/mol. The van der Waals surface area contributed by atoms with Gasteiger partial charge < -0.3 is 20.5 Å². The molecule has 2 aliphatic rings. The minimum Gasteiger partial charge on any atom is -0.496 e. The lowest BCUT2D eigenvalue weighted by atomic mass is 10.0. The van der Waals surface area contributed by atoms with Crippen molar-refractivity contribution in [2.24, 2.45) is 9.98 Å². The van der Waals surface area contributed by atoms with Gasteiger partial charge in [-0.25, -0.2) is 0 Å². The Morgan fingerprint density at radius 2 is 2.09 bits per heavy atom. The Kier molecular flexibility index (Phi) is 8.67. The molecule has 1 aromatic heterocycles. The molecule has 0 spiro atoms. The van der Waals surface area contributed by atoms with Crippen LogP contribution < -0.4 is 11.1 Å². The third-order valence-electron chi connectivity index (χ3n) is 6.14. The maximum absolute atomic E-state index is 6.22. The molecule has 0 bridgehead atoms. The molecule has 2 fully saturated rings. The maximum Gasteiger partial charge on any atom is 0.130 e. The number of allylic oxidation sites excluding steroid dienone is 2. The number of hydrogen-bond donors (Lipinski definition) is 2. The lowest BCUT2D eigenvalue weighted by molar-refractivity contribution is 0.0662. The number of aliphatic imine (C=N–C) groups is 2. The van der Waals surface area contributed by atoms with E-state index in [-0.39, 0.29) is 11.5 Å². The number of nitrogens with two attached hydrogens (primary N) is 1. The number of ether oxygens (including phenoxy) is 2. The molecule has 0 radical (unpaired) electrons. The lowest BCUT2D eigenvalue weighted by Crippen LogP contribution is -2.29. The van der Waals surface area contributed by atoms with Crippen LogP contribution in [0.5, 0.6) is 0 Å². The van der Waals surface area contributed by atoms with Crippen LogP contribution in [0, 0.1) is 0 Å². The Hall–Kier alpha value is -2.93. The number of aromatic nitrogens is 1. The van der Waals surface area contributed by atoms with Gasteiger partial charge in [-0.05, 0) is 70.7 Å². The first-order valence-corrected chi connectivity index (χ1v) is 12.1. The minimum absolute atomic E-state index is 0.114. The summed E-state index contributed by atoms with van der Waals surface area (Å²) < 4.78 is 11.6. The van der Waals surface area contributed by atoms with Crippen LogP contribution in [-0.4, -0.2) is 43.4 Å². The highest BCUT2D eigenvalue weighted by Gasteiger charge is 2.40. The van der Waals surface area contributed by atoms with Crippen LogP contribution in [0.3, 0.4) is 0 Å². The van der Waals surface area contributed by atoms with Crippen LogP contribution in [0.4, 0.5) is 5.69 Å². The molecule has 0 aromatic carbocycles. The second-order valence-electron chi connectivity index (χ2n) is 9.27. The van der Waals surface area contributed by atoms with E-state index in [0.717, 1.165) is 54.1 Å². The van der Waals surface area contributed by atoms with Crippen LogP contribution >= 0.6 is 0 Å². The number of nitrogens with one attached hydrogen (secondary N) is 1. The molecule has 0 saturated heterocycles. The fourth-order valence-corrected chi connectivity index (χ4v) is 3.62. The molecule has 184 valence electrons. The van der Waals surface area contributed by atoms with Gasteiger partial charge >= 0.3 is 0 Å². The van der Waals surface area contributed by atoms with Crippen molar-refractivity contribution in [3.8, 4) is 0 Å². The second-order valence-corrected chi connectivity index (χ2v) is 9.27. The molecule has 7 heteroatoms. The van der Waals surface area contributed by atoms with Gasteiger partial charge in [0.2, 0.25) is 0 Å². The van der Waals surface area contributed by atoms with Gasteiger partial charge in [0, 0.05) is 35.6 Å². The molecule has 0 aliphatic heterocycles. The first-order chi connectivity index (χ1) is 16.3. The average Bonchev–Trinajstić information content (AvgIpc) is 3.75. The normalized spacial score (nSPS) is 19.6. The van der Waals surface area contributed by atoms with Crippen molar-refractivity contribution in [3.63, 3.8) is 0 Å². The van der Waals surface area contributed by atoms with Gasteiger partial charge in [0.25, 0.3) is 0 Å². The van der Waals surface area contributed by atoms with E-state index in [1.807, 2.05) is 32.1 Å². The van der Waals surface area contributed by atoms with Gasteiger partial charge in [0.15, 0.2) is 0 Å². The minimum atomic E-state index is -0.114. The van der Waals surface area contributed by atoms with E-state index >= 15 is 0 Å². The average molecular weight is 466 g/mol. The van der Waals surface area contributed by atoms with Crippen molar-refractivity contribution in [2.45, 2.75) is 70.9 Å². The van der Waals surface area contributed by atoms with Crippen LogP contribution in [0.1, 0.15) is 70.8 Å². The van der Waals surface area contributed by atoms with Crippen LogP contribution in [0.25, 0.3) is 0 Å². The van der Waals surface area contributed by atoms with Gasteiger partial charge in [0.05, 0.1) is 35.9 Å². The lowest BCUT2D eigenvalue weighted by Gasteiger charge is -2.20. The fourth-order valence-electron chi connectivity index (χ4n) is 3.62. The van der Waals surface area contributed by atoms with Crippen molar-refractivity contribution in [1.82, 2.24) is 10.3 Å². The number of pyridine rings is 1. The summed E-state index contributed by atoms with van der Waals surface area (Å²) in [5.74, 6) is 1.43. The summed E-state index contributed by atoms with van der Waals surface area (Å²) in [7, 11) is 1.75. The third kappa shape index (κ3) is 7.03. The predicted octanol–water partition coefficient (Wildman–Crippen LogP) is 5.02. The third-order valence-corrected chi connectivity index (χ3v) is 6.14. The van der Waals surface area contributed by atoms with E-state index in [1.165, 1.54) is 0 Å². The first kappa shape index (κ1) is 25.7. The molecule has 2 saturated carbocycles. The zero-order valence-corrected chi connectivity index (χ0v) is 21.2. The van der Waals surface area contributed by atoms with Crippen molar-refractivity contribution in [1.29, 1.82) is 0 Å². The number of amidine groups is 1. The number of nitrogen functional groups attached to an aromatic ring is 1. The highest BCUT2D eigenvalue weighted by molar-refractivity contribution is 6.02. The molecule has 1 aromatic rings. The maximum atomic E-state index is 6.22. The standard InChI is InChI=1S/C27H39N5O2/c1-7-23(30-8-2)22(15-18(3)33-13-14-34-21-9-10-21)26(29-6)31-19(4)24-16-20(28)17-25(32-24)27(5)11-12-27/h7-8,15-17,19,21H,1,9-14H2,2-6H3,(H2,28,32)(H,29,31)/b18-15+,23-22-,30-8+. The number of hydrogen-bond acceptors (Lipinski definition) is 6. The molecule has 3 rings (SSSR count). The van der Waals surface area contributed by atoms with Crippen LogP contribution in [0.15, 0.2) is 57.9 Å². The number of rotatable bonds is 12. The summed E-state index contributed by atoms with van der Waals surface area (Å²) in [5.41, 5.74) is 10.5. The van der Waals surface area contributed by atoms with E-state index in [1.54, 1.807) is 19.3 Å². The largest absolute Gasteiger partial charge is 0.496 e. The molecular weight excluding hydrogens is 426 g/mol. The molecule has 1 heterocycles. The molecule has 3 N–H and O–H groups in total. The number of anilines is 1. The zero-order valence-electron chi connectivity index (χ0n) is 21.2. The van der Waals surface area contributed by atoms with E-state index in [2.05, 4.69) is 35.7 Å². The van der Waals surface area contributed by atoms with Crippen LogP contribution in [0.2, 0.25) is 0 Å². The van der Waals surface area contributed by atoms with Crippen molar-refractivity contribution >= 4 is 17.7 Å². The smallest absolute Gasteiger partial charge is 0.130 e. The van der Waals surface area contributed by atoms with Crippen molar-refractivity contribution < 1.29 is 9.47 Å². The Morgan fingerprint density at radius 1 is 1.35 bits per heavy atom. The van der Waals surface area contributed by atoms with Crippen molar-refractivity contribution in [3.05, 3.63) is 59.3 Å². The van der Waals surface area contributed by atoms with E-state index in [0.29, 0.717) is 30.9 Å². The SMILES string of the molecule is C=CC(/N=C/C)=C(\C=C(/C)OCCOC1CC1)C(=N\C)/NC(C)c1cc(N)cc(C2(C)CC2)n1. The van der Waals surface area contributed by atoms with Gasteiger partial charge in [-0.1, -0.05) is 13.5 Å². The highest BCUT2D eigenvalue weighted by Crippen LogP contribution is 2.47. The van der Waals surface area contributed by atoms with Crippen LogP contribution in [-0.2, 0) is 14.9 Å². The van der Waals surface area contributed by atoms with E-state index in [4.69, 9.17) is 20.2 Å². The summed E-state index contributed by atoms with van der Waals surface area (Å²) in [6.07, 6.45) is 10.4. The summed E-state index contributed by atoms with van der Waals surface area (Å²) in [5, 5.41) is 3.51. The topological polar surface area (TPSA) is 94.1 Å². The van der Waals surface area contributed by atoms with Gasteiger partial charge in [-0.15, -0.1) is 0 Å². The summed E-state index contributed by atoms with van der Waals surface area (Å²) >= 11 is 0. The van der Waals surface area contributed by atoms with Crippen molar-refractivity contribution in [2.75, 3.05) is 26.0 Å². The summed E-state index contributed by atoms with van der Waals surface area (Å²) in [6.45, 7) is 13.1. The highest BCUT2D eigenvalue weighted by atomic mass is 16.5. The van der Waals surface area contributed by atoms with E-state index in [9.17, 15) is 0 Å². The fraction of sp³-hybridized carbons (Fsp3) is 0.519. The molecule has 1 atom stereocenters. The summed E-state index contributed by atoms with van der Waals surface area (Å²) in [4.78, 5) is 14.0. The Bertz CT molecular complexity index is 1000. The summed E-state index contributed by atoms with van der Waals surface area (Å²) in [6, 6.07) is 3.80.